The first-order chi connectivity index (χ1) is 12.6. The van der Waals surface area contributed by atoms with Gasteiger partial charge in [-0.25, -0.2) is 0 Å². The first kappa shape index (κ1) is 21.0. The summed E-state index contributed by atoms with van der Waals surface area (Å²) in [6.07, 6.45) is 0. The third-order valence-corrected chi connectivity index (χ3v) is 6.57. The van der Waals surface area contributed by atoms with E-state index in [4.69, 9.17) is 4.74 Å². The molecule has 10 heteroatoms. The van der Waals surface area contributed by atoms with Gasteiger partial charge in [-0.05, 0) is 36.8 Å². The van der Waals surface area contributed by atoms with Crippen LogP contribution in [0.3, 0.4) is 0 Å². The average Bonchev–Trinajstić information content (AvgIpc) is 2.67. The lowest BCUT2D eigenvalue weighted by molar-refractivity contribution is 0.103. The number of methoxy groups -OCH3 is 1. The van der Waals surface area contributed by atoms with Gasteiger partial charge in [-0.2, -0.15) is 16.8 Å². The second-order valence-corrected chi connectivity index (χ2v) is 8.78. The summed E-state index contributed by atoms with van der Waals surface area (Å²) < 4.78 is 62.1. The molecular formula is C17H18O8S2. The number of hydrogen-bond donors (Lipinski definition) is 0. The smallest absolute Gasteiger partial charge is 0.300 e. The highest BCUT2D eigenvalue weighted by atomic mass is 32.2. The molecule has 146 valence electrons. The fourth-order valence-electron chi connectivity index (χ4n) is 2.37. The summed E-state index contributed by atoms with van der Waals surface area (Å²) in [6.45, 7) is 1.57. The van der Waals surface area contributed by atoms with Crippen LogP contribution in [-0.4, -0.2) is 43.9 Å². The Labute approximate surface area is 157 Å². The molecule has 0 fully saturated rings. The molecule has 0 N–H and O–H groups in total. The Morgan fingerprint density at radius 2 is 1.26 bits per heavy atom. The molecule has 0 bridgehead atoms. The molecule has 2 aromatic carbocycles. The van der Waals surface area contributed by atoms with Crippen molar-refractivity contribution in [2.45, 2.75) is 16.7 Å². The van der Waals surface area contributed by atoms with Gasteiger partial charge in [-0.15, -0.1) is 0 Å². The number of carbonyl (C=O) groups is 1. The predicted molar refractivity (Wildman–Crippen MR) is 96.0 cm³/mol. The zero-order chi connectivity index (χ0) is 20.4. The summed E-state index contributed by atoms with van der Waals surface area (Å²) in [5, 5.41) is 0. The topological polar surface area (TPSA) is 113 Å². The Balaban J connectivity index is 2.60. The lowest BCUT2D eigenvalue weighted by atomic mass is 10.0. The molecule has 0 atom stereocenters. The van der Waals surface area contributed by atoms with E-state index < -0.39 is 26.0 Å². The van der Waals surface area contributed by atoms with Crippen LogP contribution in [0.4, 0.5) is 0 Å². The molecule has 0 aromatic heterocycles. The summed E-state index contributed by atoms with van der Waals surface area (Å²) in [4.78, 5) is 12.3. The van der Waals surface area contributed by atoms with Crippen LogP contribution in [0.5, 0.6) is 5.75 Å². The van der Waals surface area contributed by atoms with Gasteiger partial charge in [-0.1, -0.05) is 12.1 Å². The third kappa shape index (κ3) is 4.19. The second-order valence-electron chi connectivity index (χ2n) is 5.42. The summed E-state index contributed by atoms with van der Waals surface area (Å²) in [5.74, 6) is -0.558. The number of hydrogen-bond acceptors (Lipinski definition) is 8. The van der Waals surface area contributed by atoms with Gasteiger partial charge in [0.1, 0.15) is 10.6 Å². The number of carbonyl (C=O) groups excluding carboxylic acids is 1. The van der Waals surface area contributed by atoms with Gasteiger partial charge in [0, 0.05) is 11.1 Å². The van der Waals surface area contributed by atoms with Crippen molar-refractivity contribution in [2.24, 2.45) is 0 Å². The van der Waals surface area contributed by atoms with Crippen molar-refractivity contribution in [3.8, 4) is 5.75 Å². The van der Waals surface area contributed by atoms with Gasteiger partial charge in [-0.3, -0.25) is 13.2 Å². The lowest BCUT2D eigenvalue weighted by Crippen LogP contribution is -2.10. The van der Waals surface area contributed by atoms with Crippen molar-refractivity contribution < 1.29 is 34.7 Å². The van der Waals surface area contributed by atoms with Gasteiger partial charge in [0.05, 0.1) is 26.2 Å². The van der Waals surface area contributed by atoms with Crippen LogP contribution in [0, 0.1) is 6.92 Å². The molecule has 0 amide bonds. The minimum Gasteiger partial charge on any atom is -0.495 e. The maximum absolute atomic E-state index is 12.8. The first-order valence-electron chi connectivity index (χ1n) is 7.52. The SMILES string of the molecule is COc1ccc(C(=O)c2ccc(C)c(S(=O)(=O)OC)c2)cc1S(=O)(=O)OC. The van der Waals surface area contributed by atoms with E-state index in [0.29, 0.717) is 5.56 Å². The maximum atomic E-state index is 12.8. The Hall–Kier alpha value is -2.27. The molecule has 27 heavy (non-hydrogen) atoms. The minimum atomic E-state index is -4.11. The molecule has 2 rings (SSSR count). The molecule has 0 aliphatic rings. The van der Waals surface area contributed by atoms with Crippen molar-refractivity contribution in [1.29, 1.82) is 0 Å². The van der Waals surface area contributed by atoms with Gasteiger partial charge >= 0.3 is 0 Å². The normalized spacial score (nSPS) is 12.0. The van der Waals surface area contributed by atoms with Crippen molar-refractivity contribution in [2.75, 3.05) is 21.3 Å². The number of ketones is 1. The fraction of sp³-hybridized carbons (Fsp3) is 0.235. The third-order valence-electron chi connectivity index (χ3n) is 3.85. The van der Waals surface area contributed by atoms with Crippen molar-refractivity contribution in [3.05, 3.63) is 53.1 Å². The van der Waals surface area contributed by atoms with Gasteiger partial charge in [0.2, 0.25) is 0 Å². The summed E-state index contributed by atoms with van der Waals surface area (Å²) in [6, 6.07) is 7.91. The highest BCUT2D eigenvalue weighted by molar-refractivity contribution is 7.87. The van der Waals surface area contributed by atoms with Crippen LogP contribution in [-0.2, 0) is 28.6 Å². The Bertz CT molecular complexity index is 1090. The zero-order valence-electron chi connectivity index (χ0n) is 15.0. The van der Waals surface area contributed by atoms with E-state index in [1.807, 2.05) is 0 Å². The molecule has 0 spiro atoms. The van der Waals surface area contributed by atoms with Crippen molar-refractivity contribution in [3.63, 3.8) is 0 Å². The van der Waals surface area contributed by atoms with E-state index in [-0.39, 0.29) is 26.7 Å². The molecule has 8 nitrogen and oxygen atoms in total. The highest BCUT2D eigenvalue weighted by Gasteiger charge is 2.23. The Morgan fingerprint density at radius 3 is 1.78 bits per heavy atom. The van der Waals surface area contributed by atoms with E-state index in [9.17, 15) is 21.6 Å². The Kier molecular flexibility index (Phi) is 6.05. The van der Waals surface area contributed by atoms with Crippen LogP contribution in [0.15, 0.2) is 46.2 Å². The maximum Gasteiger partial charge on any atom is 0.300 e. The van der Waals surface area contributed by atoms with Crippen LogP contribution < -0.4 is 4.74 Å². The summed E-state index contributed by atoms with van der Waals surface area (Å²) in [7, 11) is -4.82. The van der Waals surface area contributed by atoms with Crippen LogP contribution in [0.25, 0.3) is 0 Å². The van der Waals surface area contributed by atoms with Gasteiger partial charge < -0.3 is 4.74 Å². The molecule has 0 saturated carbocycles. The fourth-order valence-corrected chi connectivity index (χ4v) is 4.13. The average molecular weight is 414 g/mol. The lowest BCUT2D eigenvalue weighted by Gasteiger charge is -2.11. The van der Waals surface area contributed by atoms with Crippen molar-refractivity contribution in [1.82, 2.24) is 0 Å². The number of rotatable bonds is 7. The standard InChI is InChI=1S/C17H18O8S2/c1-11-5-6-12(9-15(11)26(19,20)24-3)17(18)13-7-8-14(23-2)16(10-13)27(21,22)25-4/h5-10H,1-4H3. The van der Waals surface area contributed by atoms with E-state index in [1.165, 1.54) is 37.4 Å². The molecular weight excluding hydrogens is 396 g/mol. The van der Waals surface area contributed by atoms with Crippen molar-refractivity contribution >= 4 is 26.0 Å². The molecule has 0 saturated heterocycles. The van der Waals surface area contributed by atoms with E-state index in [1.54, 1.807) is 6.92 Å². The summed E-state index contributed by atoms with van der Waals surface area (Å²) >= 11 is 0. The van der Waals surface area contributed by atoms with E-state index in [2.05, 4.69) is 8.37 Å². The monoisotopic (exact) mass is 414 g/mol. The summed E-state index contributed by atoms with van der Waals surface area (Å²) in [5.41, 5.74) is 0.490. The quantitative estimate of drug-likeness (QED) is 0.499. The molecule has 0 aliphatic heterocycles. The number of ether oxygens (including phenoxy) is 1. The highest BCUT2D eigenvalue weighted by Crippen LogP contribution is 2.28. The minimum absolute atomic E-state index is 0.0138. The number of aryl methyl sites for hydroxylation is 1. The van der Waals surface area contributed by atoms with Crippen LogP contribution >= 0.6 is 0 Å². The van der Waals surface area contributed by atoms with Crippen LogP contribution in [0.1, 0.15) is 21.5 Å². The molecule has 0 unspecified atom stereocenters. The van der Waals surface area contributed by atoms with E-state index in [0.717, 1.165) is 20.3 Å². The molecule has 0 radical (unpaired) electrons. The Morgan fingerprint density at radius 1 is 0.778 bits per heavy atom. The van der Waals surface area contributed by atoms with Crippen LogP contribution in [0.2, 0.25) is 0 Å². The molecule has 0 aliphatic carbocycles. The molecule has 2 aromatic rings. The predicted octanol–water partition coefficient (Wildman–Crippen LogP) is 1.90. The van der Waals surface area contributed by atoms with Gasteiger partial charge in [0.15, 0.2) is 5.78 Å². The zero-order valence-corrected chi connectivity index (χ0v) is 16.7. The van der Waals surface area contributed by atoms with Gasteiger partial charge in [0.25, 0.3) is 20.2 Å². The first-order valence-corrected chi connectivity index (χ1v) is 10.3. The second kappa shape index (κ2) is 7.77. The number of benzene rings is 2. The molecule has 0 heterocycles. The largest absolute Gasteiger partial charge is 0.495 e. The van der Waals surface area contributed by atoms with E-state index >= 15 is 0 Å².